The highest BCUT2D eigenvalue weighted by molar-refractivity contribution is 5.74. The second kappa shape index (κ2) is 8.77. The molecule has 1 atom stereocenters. The number of rotatable bonds is 6. The van der Waals surface area contributed by atoms with E-state index in [1.165, 1.54) is 12.8 Å². The van der Waals surface area contributed by atoms with Gasteiger partial charge < -0.3 is 15.3 Å². The number of carbonyl (C=O) groups is 2. The van der Waals surface area contributed by atoms with Crippen molar-refractivity contribution >= 4 is 12.0 Å². The molecule has 0 bridgehead atoms. The van der Waals surface area contributed by atoms with E-state index in [2.05, 4.69) is 5.32 Å². The average Bonchev–Trinajstić information content (AvgIpc) is 2.65. The molecule has 0 aliphatic carbocycles. The van der Waals surface area contributed by atoms with Gasteiger partial charge in [0.25, 0.3) is 0 Å². The number of amides is 2. The maximum atomic E-state index is 11.9. The third-order valence-corrected chi connectivity index (χ3v) is 3.66. The molecule has 0 aromatic heterocycles. The van der Waals surface area contributed by atoms with Crippen molar-refractivity contribution in [1.29, 1.82) is 0 Å². The van der Waals surface area contributed by atoms with Gasteiger partial charge in [0.15, 0.2) is 0 Å². The Hall–Kier alpha value is -1.26. The first-order chi connectivity index (χ1) is 9.09. The van der Waals surface area contributed by atoms with Gasteiger partial charge in [-0.2, -0.15) is 0 Å². The third kappa shape index (κ3) is 7.03. The molecule has 0 saturated carbocycles. The molecular weight excluding hydrogens is 244 g/mol. The molecule has 19 heavy (non-hydrogen) atoms. The quantitative estimate of drug-likeness (QED) is 0.779. The average molecular weight is 270 g/mol. The van der Waals surface area contributed by atoms with E-state index in [9.17, 15) is 9.59 Å². The summed E-state index contributed by atoms with van der Waals surface area (Å²) in [5.41, 5.74) is 0. The molecular formula is C14H26N2O3. The van der Waals surface area contributed by atoms with Crippen molar-refractivity contribution in [2.24, 2.45) is 5.92 Å². The highest BCUT2D eigenvalue weighted by atomic mass is 16.4. The molecule has 1 fully saturated rings. The van der Waals surface area contributed by atoms with Gasteiger partial charge in [-0.05, 0) is 31.6 Å². The van der Waals surface area contributed by atoms with Gasteiger partial charge in [0.2, 0.25) is 0 Å². The van der Waals surface area contributed by atoms with Crippen molar-refractivity contribution in [1.82, 2.24) is 10.2 Å². The Morgan fingerprint density at radius 1 is 1.16 bits per heavy atom. The third-order valence-electron chi connectivity index (χ3n) is 3.66. The zero-order chi connectivity index (χ0) is 14.1. The van der Waals surface area contributed by atoms with Crippen LogP contribution in [0.1, 0.15) is 51.9 Å². The molecule has 110 valence electrons. The molecule has 1 saturated heterocycles. The van der Waals surface area contributed by atoms with E-state index in [0.29, 0.717) is 18.9 Å². The monoisotopic (exact) mass is 270 g/mol. The van der Waals surface area contributed by atoms with E-state index in [1.807, 2.05) is 11.8 Å². The summed E-state index contributed by atoms with van der Waals surface area (Å²) in [5, 5.41) is 11.5. The van der Waals surface area contributed by atoms with E-state index in [0.717, 1.165) is 32.4 Å². The van der Waals surface area contributed by atoms with Crippen molar-refractivity contribution in [3.8, 4) is 0 Å². The van der Waals surface area contributed by atoms with E-state index < -0.39 is 5.97 Å². The van der Waals surface area contributed by atoms with Gasteiger partial charge in [-0.3, -0.25) is 4.79 Å². The molecule has 0 aromatic carbocycles. The first-order valence-corrected chi connectivity index (χ1v) is 7.34. The Labute approximate surface area is 115 Å². The van der Waals surface area contributed by atoms with Crippen LogP contribution in [0.4, 0.5) is 4.79 Å². The summed E-state index contributed by atoms with van der Waals surface area (Å²) in [7, 11) is 0. The van der Waals surface area contributed by atoms with Gasteiger partial charge in [-0.25, -0.2) is 4.79 Å². The Bertz CT molecular complexity index is 286. The summed E-state index contributed by atoms with van der Waals surface area (Å²) < 4.78 is 0. The fourth-order valence-electron chi connectivity index (χ4n) is 2.33. The van der Waals surface area contributed by atoms with Crippen LogP contribution in [0.2, 0.25) is 0 Å². The number of nitrogens with one attached hydrogen (secondary N) is 1. The van der Waals surface area contributed by atoms with Crippen molar-refractivity contribution in [3.63, 3.8) is 0 Å². The van der Waals surface area contributed by atoms with Gasteiger partial charge in [0, 0.05) is 26.1 Å². The largest absolute Gasteiger partial charge is 0.481 e. The lowest BCUT2D eigenvalue weighted by Gasteiger charge is -2.21. The molecule has 5 heteroatoms. The van der Waals surface area contributed by atoms with E-state index >= 15 is 0 Å². The number of aliphatic carboxylic acids is 1. The molecule has 1 unspecified atom stereocenters. The number of urea groups is 1. The predicted octanol–water partition coefficient (Wildman–Crippen LogP) is 2.46. The number of nitrogens with zero attached hydrogens (tertiary/aromatic N) is 1. The summed E-state index contributed by atoms with van der Waals surface area (Å²) in [5.74, 6) is -0.416. The maximum absolute atomic E-state index is 11.9. The van der Waals surface area contributed by atoms with Gasteiger partial charge >= 0.3 is 12.0 Å². The topological polar surface area (TPSA) is 69.6 Å². The molecule has 2 N–H and O–H groups in total. The van der Waals surface area contributed by atoms with Crippen LogP contribution < -0.4 is 5.32 Å². The molecule has 5 nitrogen and oxygen atoms in total. The van der Waals surface area contributed by atoms with Crippen LogP contribution in [0.3, 0.4) is 0 Å². The van der Waals surface area contributed by atoms with Crippen LogP contribution in [0.5, 0.6) is 0 Å². The predicted molar refractivity (Wildman–Crippen MR) is 74.1 cm³/mol. The molecule has 1 aliphatic rings. The van der Waals surface area contributed by atoms with Crippen LogP contribution in [-0.2, 0) is 4.79 Å². The standard InChI is InChI=1S/C14H26N2O3/c1-12(6-7-13(17)18)8-9-15-14(19)16-10-4-2-3-5-11-16/h12H,2-11H2,1H3,(H,15,19)(H,17,18). The van der Waals surface area contributed by atoms with Crippen molar-refractivity contribution in [2.75, 3.05) is 19.6 Å². The van der Waals surface area contributed by atoms with Crippen LogP contribution >= 0.6 is 0 Å². The summed E-state index contributed by atoms with van der Waals surface area (Å²) in [4.78, 5) is 24.3. The molecule has 1 aliphatic heterocycles. The lowest BCUT2D eigenvalue weighted by molar-refractivity contribution is -0.137. The smallest absolute Gasteiger partial charge is 0.317 e. The molecule has 1 rings (SSSR count). The Morgan fingerprint density at radius 2 is 1.79 bits per heavy atom. The highest BCUT2D eigenvalue weighted by Crippen LogP contribution is 2.11. The summed E-state index contributed by atoms with van der Waals surface area (Å²) in [6.45, 7) is 4.39. The van der Waals surface area contributed by atoms with Crippen LogP contribution in [0.25, 0.3) is 0 Å². The number of carboxylic acids is 1. The second-order valence-electron chi connectivity index (χ2n) is 5.46. The number of hydrogen-bond donors (Lipinski definition) is 2. The number of hydrogen-bond acceptors (Lipinski definition) is 2. The minimum absolute atomic E-state index is 0.0346. The fourth-order valence-corrected chi connectivity index (χ4v) is 2.33. The first kappa shape index (κ1) is 15.8. The van der Waals surface area contributed by atoms with Gasteiger partial charge in [-0.1, -0.05) is 19.8 Å². The molecule has 2 amide bonds. The Balaban J connectivity index is 2.13. The summed E-state index contributed by atoms with van der Waals surface area (Å²) in [6.07, 6.45) is 6.36. The van der Waals surface area contributed by atoms with Crippen molar-refractivity contribution < 1.29 is 14.7 Å². The van der Waals surface area contributed by atoms with Gasteiger partial charge in [-0.15, -0.1) is 0 Å². The molecule has 1 heterocycles. The fraction of sp³-hybridized carbons (Fsp3) is 0.857. The summed E-state index contributed by atoms with van der Waals surface area (Å²) >= 11 is 0. The lowest BCUT2D eigenvalue weighted by atomic mass is 10.0. The van der Waals surface area contributed by atoms with Crippen molar-refractivity contribution in [2.45, 2.75) is 51.9 Å². The van der Waals surface area contributed by atoms with Crippen LogP contribution in [0, 0.1) is 5.92 Å². The number of likely N-dealkylation sites (tertiary alicyclic amines) is 1. The van der Waals surface area contributed by atoms with E-state index in [4.69, 9.17) is 5.11 Å². The van der Waals surface area contributed by atoms with Crippen molar-refractivity contribution in [3.05, 3.63) is 0 Å². The number of carbonyl (C=O) groups excluding carboxylic acids is 1. The lowest BCUT2D eigenvalue weighted by Crippen LogP contribution is -2.41. The summed E-state index contributed by atoms with van der Waals surface area (Å²) in [6, 6.07) is 0.0346. The van der Waals surface area contributed by atoms with Gasteiger partial charge in [0.05, 0.1) is 0 Å². The minimum atomic E-state index is -0.750. The maximum Gasteiger partial charge on any atom is 0.317 e. The highest BCUT2D eigenvalue weighted by Gasteiger charge is 2.15. The van der Waals surface area contributed by atoms with E-state index in [-0.39, 0.29) is 12.5 Å². The first-order valence-electron chi connectivity index (χ1n) is 7.34. The second-order valence-corrected chi connectivity index (χ2v) is 5.46. The van der Waals surface area contributed by atoms with E-state index in [1.54, 1.807) is 0 Å². The zero-order valence-corrected chi connectivity index (χ0v) is 11.9. The number of carboxylic acid groups (broad SMARTS) is 1. The molecule has 0 aromatic rings. The van der Waals surface area contributed by atoms with Crippen LogP contribution in [-0.4, -0.2) is 41.6 Å². The molecule has 0 radical (unpaired) electrons. The zero-order valence-electron chi connectivity index (χ0n) is 11.9. The van der Waals surface area contributed by atoms with Gasteiger partial charge in [0.1, 0.15) is 0 Å². The molecule has 0 spiro atoms. The van der Waals surface area contributed by atoms with Crippen LogP contribution in [0.15, 0.2) is 0 Å². The Kier molecular flexibility index (Phi) is 7.30. The SMILES string of the molecule is CC(CCNC(=O)N1CCCCCC1)CCC(=O)O. The Morgan fingerprint density at radius 3 is 2.37 bits per heavy atom. The normalized spacial score (nSPS) is 17.6. The minimum Gasteiger partial charge on any atom is -0.481 e.